The fourth-order valence-electron chi connectivity index (χ4n) is 4.35. The molecule has 0 spiro atoms. The van der Waals surface area contributed by atoms with E-state index in [1.807, 2.05) is 6.07 Å². The summed E-state index contributed by atoms with van der Waals surface area (Å²) in [5.41, 5.74) is 2.59. The zero-order chi connectivity index (χ0) is 22.7. The summed E-state index contributed by atoms with van der Waals surface area (Å²) < 4.78 is 43.1. The largest absolute Gasteiger partial charge is 0.397 e. The Kier molecular flexibility index (Phi) is 11.5. The molecule has 1 N–H and O–H groups in total. The molecule has 1 aromatic rings. The Labute approximate surface area is 189 Å². The molecule has 3 unspecified atom stereocenters. The highest BCUT2D eigenvalue weighted by Crippen LogP contribution is 2.26. The lowest BCUT2D eigenvalue weighted by molar-refractivity contribution is -0.0626. The van der Waals surface area contributed by atoms with Crippen molar-refractivity contribution >= 4 is 10.4 Å². The second-order valence-corrected chi connectivity index (χ2v) is 9.85. The molecule has 31 heavy (non-hydrogen) atoms. The van der Waals surface area contributed by atoms with Crippen LogP contribution in [0, 0.1) is 5.92 Å². The van der Waals surface area contributed by atoms with E-state index in [4.69, 9.17) is 8.92 Å². The lowest BCUT2D eigenvalue weighted by Gasteiger charge is -2.41. The third-order valence-electron chi connectivity index (χ3n) is 6.41. The Morgan fingerprint density at radius 1 is 1.06 bits per heavy atom. The highest BCUT2D eigenvalue weighted by atomic mass is 32.3. The molecule has 7 heteroatoms. The van der Waals surface area contributed by atoms with Crippen molar-refractivity contribution in [3.63, 3.8) is 0 Å². The fraction of sp³-hybridized carbons (Fsp3) is 0.750. The molecule has 178 valence electrons. The van der Waals surface area contributed by atoms with Crippen LogP contribution in [0.15, 0.2) is 24.3 Å². The van der Waals surface area contributed by atoms with Crippen LogP contribution in [0.1, 0.15) is 76.8 Å². The standard InChI is InChI=1S/C24H41NO5S/c1-4-6-7-8-9-12-17-29-24(20(3)5-2)23(19-30-31(26,27)28)25-16-15-21-13-10-11-14-22(21)18-25/h10-11,13-14,20,23-24H,4-9,12,15-19H2,1-3H3,(H,26,27,28). The Morgan fingerprint density at radius 3 is 2.42 bits per heavy atom. The van der Waals surface area contributed by atoms with Crippen LogP contribution in [0.3, 0.4) is 0 Å². The van der Waals surface area contributed by atoms with Crippen LogP contribution in [0.2, 0.25) is 0 Å². The highest BCUT2D eigenvalue weighted by Gasteiger charge is 2.34. The van der Waals surface area contributed by atoms with Gasteiger partial charge in [0.15, 0.2) is 0 Å². The van der Waals surface area contributed by atoms with Crippen molar-refractivity contribution in [1.29, 1.82) is 0 Å². The summed E-state index contributed by atoms with van der Waals surface area (Å²) in [5, 5.41) is 0. The van der Waals surface area contributed by atoms with Gasteiger partial charge in [-0.05, 0) is 29.9 Å². The summed E-state index contributed by atoms with van der Waals surface area (Å²) in [7, 11) is -4.50. The van der Waals surface area contributed by atoms with Gasteiger partial charge in [-0.2, -0.15) is 8.42 Å². The predicted octanol–water partition coefficient (Wildman–Crippen LogP) is 5.02. The summed E-state index contributed by atoms with van der Waals surface area (Å²) in [6, 6.07) is 8.12. The van der Waals surface area contributed by atoms with Crippen molar-refractivity contribution in [3.8, 4) is 0 Å². The second-order valence-electron chi connectivity index (χ2n) is 8.76. The van der Waals surface area contributed by atoms with E-state index >= 15 is 0 Å². The maximum Gasteiger partial charge on any atom is 0.397 e. The van der Waals surface area contributed by atoms with E-state index in [0.717, 1.165) is 38.8 Å². The molecule has 0 aliphatic carbocycles. The van der Waals surface area contributed by atoms with Gasteiger partial charge in [0.1, 0.15) is 0 Å². The summed E-state index contributed by atoms with van der Waals surface area (Å²) in [5.74, 6) is 0.243. The SMILES string of the molecule is CCCCCCCCOC(C(C)CC)C(COS(=O)(=O)O)N1CCc2ccccc2C1. The topological polar surface area (TPSA) is 76.1 Å². The minimum atomic E-state index is -4.50. The summed E-state index contributed by atoms with van der Waals surface area (Å²) >= 11 is 0. The van der Waals surface area contributed by atoms with Crippen molar-refractivity contribution in [1.82, 2.24) is 4.90 Å². The van der Waals surface area contributed by atoms with Gasteiger partial charge in [-0.25, -0.2) is 4.18 Å². The molecular formula is C24H41NO5S. The van der Waals surface area contributed by atoms with Crippen molar-refractivity contribution in [2.24, 2.45) is 5.92 Å². The van der Waals surface area contributed by atoms with E-state index in [2.05, 4.69) is 43.9 Å². The molecule has 0 fully saturated rings. The Hall–Kier alpha value is -0.990. The number of nitrogens with zero attached hydrogens (tertiary/aromatic N) is 1. The van der Waals surface area contributed by atoms with Gasteiger partial charge in [0.2, 0.25) is 0 Å². The average molecular weight is 456 g/mol. The fourth-order valence-corrected chi connectivity index (χ4v) is 4.66. The first-order valence-electron chi connectivity index (χ1n) is 11.9. The summed E-state index contributed by atoms with van der Waals surface area (Å²) in [6.45, 7) is 8.57. The van der Waals surface area contributed by atoms with E-state index in [0.29, 0.717) is 6.61 Å². The molecule has 2 rings (SSSR count). The molecule has 0 radical (unpaired) electrons. The number of rotatable bonds is 15. The first-order valence-corrected chi connectivity index (χ1v) is 13.3. The zero-order valence-corrected chi connectivity index (χ0v) is 20.3. The van der Waals surface area contributed by atoms with Crippen LogP contribution in [0.25, 0.3) is 0 Å². The van der Waals surface area contributed by atoms with Gasteiger partial charge in [0.05, 0.1) is 18.8 Å². The number of hydrogen-bond donors (Lipinski definition) is 1. The first kappa shape index (κ1) is 26.3. The molecule has 1 aromatic carbocycles. The third-order valence-corrected chi connectivity index (χ3v) is 6.84. The first-order chi connectivity index (χ1) is 14.9. The van der Waals surface area contributed by atoms with E-state index in [1.54, 1.807) is 0 Å². The van der Waals surface area contributed by atoms with E-state index in [9.17, 15) is 13.0 Å². The minimum absolute atomic E-state index is 0.105. The minimum Gasteiger partial charge on any atom is -0.376 e. The van der Waals surface area contributed by atoms with Crippen LogP contribution in [0.4, 0.5) is 0 Å². The molecule has 6 nitrogen and oxygen atoms in total. The van der Waals surface area contributed by atoms with Crippen molar-refractivity contribution < 1.29 is 21.9 Å². The monoisotopic (exact) mass is 455 g/mol. The summed E-state index contributed by atoms with van der Waals surface area (Å²) in [4.78, 5) is 2.26. The number of hydrogen-bond acceptors (Lipinski definition) is 5. The second kappa shape index (κ2) is 13.5. The van der Waals surface area contributed by atoms with Crippen LogP contribution in [-0.4, -0.2) is 49.8 Å². The zero-order valence-electron chi connectivity index (χ0n) is 19.5. The normalized spacial score (nSPS) is 17.8. The van der Waals surface area contributed by atoms with Crippen molar-refractivity contribution in [2.45, 2.75) is 90.8 Å². The lowest BCUT2D eigenvalue weighted by Crippen LogP contribution is -2.52. The molecule has 3 atom stereocenters. The van der Waals surface area contributed by atoms with E-state index in [1.165, 1.54) is 36.8 Å². The van der Waals surface area contributed by atoms with Gasteiger partial charge in [0, 0.05) is 19.7 Å². The number of ether oxygens (including phenoxy) is 1. The molecule has 0 aromatic heterocycles. The Balaban J connectivity index is 2.08. The predicted molar refractivity (Wildman–Crippen MR) is 124 cm³/mol. The van der Waals surface area contributed by atoms with Crippen molar-refractivity contribution in [3.05, 3.63) is 35.4 Å². The molecule has 0 saturated carbocycles. The maximum absolute atomic E-state index is 11.3. The average Bonchev–Trinajstić information content (AvgIpc) is 2.75. The summed E-state index contributed by atoms with van der Waals surface area (Å²) in [6.07, 6.45) is 8.84. The van der Waals surface area contributed by atoms with Gasteiger partial charge in [-0.15, -0.1) is 0 Å². The smallest absolute Gasteiger partial charge is 0.376 e. The third kappa shape index (κ3) is 9.18. The highest BCUT2D eigenvalue weighted by molar-refractivity contribution is 7.80. The van der Waals surface area contributed by atoms with Gasteiger partial charge in [-0.3, -0.25) is 9.45 Å². The lowest BCUT2D eigenvalue weighted by atomic mass is 9.91. The maximum atomic E-state index is 11.3. The molecule has 1 heterocycles. The molecule has 1 aliphatic rings. The van der Waals surface area contributed by atoms with Crippen LogP contribution in [0.5, 0.6) is 0 Å². The van der Waals surface area contributed by atoms with Crippen LogP contribution in [-0.2, 0) is 32.3 Å². The van der Waals surface area contributed by atoms with Gasteiger partial charge in [0.25, 0.3) is 0 Å². The van der Waals surface area contributed by atoms with Crippen LogP contribution < -0.4 is 0 Å². The Morgan fingerprint density at radius 2 is 1.74 bits per heavy atom. The van der Waals surface area contributed by atoms with Gasteiger partial charge < -0.3 is 4.74 Å². The van der Waals surface area contributed by atoms with Gasteiger partial charge >= 0.3 is 10.4 Å². The molecule has 0 saturated heterocycles. The molecule has 0 bridgehead atoms. The van der Waals surface area contributed by atoms with E-state index in [-0.39, 0.29) is 24.7 Å². The molecule has 1 aliphatic heterocycles. The number of fused-ring (bicyclic) bond motifs is 1. The van der Waals surface area contributed by atoms with Crippen molar-refractivity contribution in [2.75, 3.05) is 19.8 Å². The van der Waals surface area contributed by atoms with E-state index < -0.39 is 10.4 Å². The number of unbranched alkanes of at least 4 members (excludes halogenated alkanes) is 5. The molecule has 0 amide bonds. The van der Waals surface area contributed by atoms with Crippen LogP contribution >= 0.6 is 0 Å². The van der Waals surface area contributed by atoms with Gasteiger partial charge in [-0.1, -0.05) is 83.6 Å². The quantitative estimate of drug-likeness (QED) is 0.295. The number of benzene rings is 1. The molecular weight excluding hydrogens is 414 g/mol. The Bertz CT molecular complexity index is 739.